The third-order valence-corrected chi connectivity index (χ3v) is 2.76. The maximum absolute atomic E-state index is 12.4. The first-order valence-corrected chi connectivity index (χ1v) is 6.22. The fourth-order valence-corrected chi connectivity index (χ4v) is 1.75. The summed E-state index contributed by atoms with van der Waals surface area (Å²) in [4.78, 5) is 14.0. The van der Waals surface area contributed by atoms with Gasteiger partial charge in [-0.25, -0.2) is 0 Å². The number of nitriles is 1. The van der Waals surface area contributed by atoms with Crippen molar-refractivity contribution in [2.75, 3.05) is 39.6 Å². The van der Waals surface area contributed by atoms with Gasteiger partial charge in [-0.1, -0.05) is 0 Å². The number of methoxy groups -OCH3 is 2. The zero-order valence-electron chi connectivity index (χ0n) is 11.8. The number of ether oxygens (including phenoxy) is 2. The number of rotatable bonds is 7. The number of carbonyl (C=O) groups excluding carboxylic acids is 1. The summed E-state index contributed by atoms with van der Waals surface area (Å²) in [6.45, 7) is 1.19. The van der Waals surface area contributed by atoms with Crippen LogP contribution >= 0.6 is 0 Å². The average Bonchev–Trinajstić information content (AvgIpc) is 2.46. The number of hydrogen-bond acceptors (Lipinski definition) is 5. The molecular weight excluding hydrogens is 258 g/mol. The molecule has 2 N–H and O–H groups in total. The van der Waals surface area contributed by atoms with E-state index in [0.29, 0.717) is 36.7 Å². The smallest absolute Gasteiger partial charge is 0.254 e. The van der Waals surface area contributed by atoms with Crippen LogP contribution in [-0.4, -0.2) is 44.7 Å². The minimum absolute atomic E-state index is 0.192. The van der Waals surface area contributed by atoms with Crippen LogP contribution in [0.1, 0.15) is 16.8 Å². The summed E-state index contributed by atoms with van der Waals surface area (Å²) in [6.07, 6.45) is 0.273. The third kappa shape index (κ3) is 4.44. The zero-order chi connectivity index (χ0) is 15.0. The van der Waals surface area contributed by atoms with Crippen LogP contribution in [0.3, 0.4) is 0 Å². The summed E-state index contributed by atoms with van der Waals surface area (Å²) in [5, 5.41) is 8.66. The lowest BCUT2D eigenvalue weighted by molar-refractivity contribution is 0.0699. The van der Waals surface area contributed by atoms with Gasteiger partial charge in [0.1, 0.15) is 5.75 Å². The normalized spacial score (nSPS) is 9.85. The van der Waals surface area contributed by atoms with Gasteiger partial charge >= 0.3 is 0 Å². The zero-order valence-corrected chi connectivity index (χ0v) is 11.8. The van der Waals surface area contributed by atoms with Crippen molar-refractivity contribution in [2.24, 2.45) is 0 Å². The second kappa shape index (κ2) is 8.02. The van der Waals surface area contributed by atoms with Crippen LogP contribution in [0, 0.1) is 11.3 Å². The number of hydrogen-bond donors (Lipinski definition) is 1. The number of anilines is 1. The Balaban J connectivity index is 2.92. The highest BCUT2D eigenvalue weighted by atomic mass is 16.5. The molecule has 1 amide bonds. The van der Waals surface area contributed by atoms with Crippen LogP contribution in [-0.2, 0) is 4.74 Å². The number of nitrogens with zero attached hydrogens (tertiary/aromatic N) is 2. The van der Waals surface area contributed by atoms with Crippen molar-refractivity contribution in [3.05, 3.63) is 23.8 Å². The van der Waals surface area contributed by atoms with Crippen LogP contribution in [0.4, 0.5) is 5.69 Å². The molecule has 6 heteroatoms. The fourth-order valence-electron chi connectivity index (χ4n) is 1.75. The van der Waals surface area contributed by atoms with Crippen LogP contribution in [0.15, 0.2) is 18.2 Å². The van der Waals surface area contributed by atoms with Gasteiger partial charge < -0.3 is 20.1 Å². The summed E-state index contributed by atoms with van der Waals surface area (Å²) >= 11 is 0. The maximum atomic E-state index is 12.4. The van der Waals surface area contributed by atoms with E-state index in [0.717, 1.165) is 0 Å². The van der Waals surface area contributed by atoms with E-state index in [2.05, 4.69) is 0 Å². The Morgan fingerprint density at radius 2 is 2.10 bits per heavy atom. The molecule has 108 valence electrons. The molecule has 20 heavy (non-hydrogen) atoms. The van der Waals surface area contributed by atoms with E-state index in [-0.39, 0.29) is 12.3 Å². The van der Waals surface area contributed by atoms with E-state index in [4.69, 9.17) is 20.5 Å². The molecule has 0 aliphatic rings. The molecule has 0 heterocycles. The number of benzene rings is 1. The number of nitrogen functional groups attached to an aromatic ring is 1. The van der Waals surface area contributed by atoms with Gasteiger partial charge in [0.25, 0.3) is 5.91 Å². The van der Waals surface area contributed by atoms with E-state index >= 15 is 0 Å². The number of carbonyl (C=O) groups is 1. The lowest BCUT2D eigenvalue weighted by Crippen LogP contribution is -2.34. The summed E-state index contributed by atoms with van der Waals surface area (Å²) in [5.74, 6) is 0.336. The molecule has 0 aromatic heterocycles. The quantitative estimate of drug-likeness (QED) is 0.758. The highest BCUT2D eigenvalue weighted by Crippen LogP contribution is 2.19. The monoisotopic (exact) mass is 277 g/mol. The Kier molecular flexibility index (Phi) is 6.33. The molecule has 1 rings (SSSR count). The van der Waals surface area contributed by atoms with Crippen LogP contribution in [0.2, 0.25) is 0 Å². The molecule has 1 aromatic rings. The Morgan fingerprint density at radius 3 is 2.70 bits per heavy atom. The van der Waals surface area contributed by atoms with Crippen LogP contribution in [0.5, 0.6) is 5.75 Å². The van der Waals surface area contributed by atoms with Gasteiger partial charge in [0.15, 0.2) is 0 Å². The second-order valence-corrected chi connectivity index (χ2v) is 4.19. The second-order valence-electron chi connectivity index (χ2n) is 4.19. The molecule has 0 saturated carbocycles. The van der Waals surface area contributed by atoms with Gasteiger partial charge in [-0.3, -0.25) is 4.79 Å². The highest BCUT2D eigenvalue weighted by Gasteiger charge is 2.16. The molecule has 0 spiro atoms. The maximum Gasteiger partial charge on any atom is 0.254 e. The first-order valence-electron chi connectivity index (χ1n) is 6.22. The molecule has 0 atom stereocenters. The Morgan fingerprint density at radius 1 is 1.35 bits per heavy atom. The standard InChI is InChI=1S/C14H19N3O3/c1-19-7-6-17(5-3-4-15)14(18)11-8-12(16)10-13(9-11)20-2/h8-10H,3,5-7,16H2,1-2H3. The Hall–Kier alpha value is -2.26. The molecule has 0 aliphatic carbocycles. The van der Waals surface area contributed by atoms with Gasteiger partial charge in [0.2, 0.25) is 0 Å². The fraction of sp³-hybridized carbons (Fsp3) is 0.429. The first-order chi connectivity index (χ1) is 9.62. The molecule has 0 fully saturated rings. The summed E-state index contributed by atoms with van der Waals surface area (Å²) < 4.78 is 10.1. The molecular formula is C14H19N3O3. The lowest BCUT2D eigenvalue weighted by atomic mass is 10.1. The molecule has 0 aliphatic heterocycles. The van der Waals surface area contributed by atoms with Crippen molar-refractivity contribution in [3.63, 3.8) is 0 Å². The predicted molar refractivity (Wildman–Crippen MR) is 75.4 cm³/mol. The summed E-state index contributed by atoms with van der Waals surface area (Å²) in [5.41, 5.74) is 6.64. The minimum Gasteiger partial charge on any atom is -0.497 e. The number of amides is 1. The molecule has 0 unspecified atom stereocenters. The predicted octanol–water partition coefficient (Wildman–Crippen LogP) is 1.28. The van der Waals surface area contributed by atoms with Gasteiger partial charge in [0, 0.05) is 37.5 Å². The van der Waals surface area contributed by atoms with Gasteiger partial charge in [-0.15, -0.1) is 0 Å². The van der Waals surface area contributed by atoms with Gasteiger partial charge in [-0.2, -0.15) is 5.26 Å². The molecule has 0 radical (unpaired) electrons. The van der Waals surface area contributed by atoms with Gasteiger partial charge in [0.05, 0.1) is 26.2 Å². The van der Waals surface area contributed by atoms with E-state index in [1.54, 1.807) is 30.2 Å². The average molecular weight is 277 g/mol. The third-order valence-electron chi connectivity index (χ3n) is 2.76. The van der Waals surface area contributed by atoms with Crippen molar-refractivity contribution < 1.29 is 14.3 Å². The molecule has 1 aromatic carbocycles. The summed E-state index contributed by atoms with van der Waals surface area (Å²) in [6, 6.07) is 6.90. The lowest BCUT2D eigenvalue weighted by Gasteiger charge is -2.21. The summed E-state index contributed by atoms with van der Waals surface area (Å²) in [7, 11) is 3.08. The van der Waals surface area contributed by atoms with E-state index in [1.165, 1.54) is 7.11 Å². The molecule has 0 saturated heterocycles. The largest absolute Gasteiger partial charge is 0.497 e. The van der Waals surface area contributed by atoms with Crippen molar-refractivity contribution in [1.29, 1.82) is 5.26 Å². The first kappa shape index (κ1) is 15.8. The van der Waals surface area contributed by atoms with E-state index in [1.807, 2.05) is 6.07 Å². The molecule has 0 bridgehead atoms. The Labute approximate surface area is 118 Å². The van der Waals surface area contributed by atoms with Crippen molar-refractivity contribution in [2.45, 2.75) is 6.42 Å². The van der Waals surface area contributed by atoms with Crippen molar-refractivity contribution in [3.8, 4) is 11.8 Å². The van der Waals surface area contributed by atoms with Crippen molar-refractivity contribution in [1.82, 2.24) is 4.90 Å². The minimum atomic E-state index is -0.192. The highest BCUT2D eigenvalue weighted by molar-refractivity contribution is 5.95. The van der Waals surface area contributed by atoms with E-state index < -0.39 is 0 Å². The Bertz CT molecular complexity index is 497. The van der Waals surface area contributed by atoms with Crippen LogP contribution < -0.4 is 10.5 Å². The molecule has 6 nitrogen and oxygen atoms in total. The van der Waals surface area contributed by atoms with Gasteiger partial charge in [-0.05, 0) is 12.1 Å². The number of nitrogens with two attached hydrogens (primary N) is 1. The van der Waals surface area contributed by atoms with E-state index in [9.17, 15) is 4.79 Å². The SMILES string of the molecule is COCCN(CCC#N)C(=O)c1cc(N)cc(OC)c1. The van der Waals surface area contributed by atoms with Crippen LogP contribution in [0.25, 0.3) is 0 Å². The van der Waals surface area contributed by atoms with Crippen molar-refractivity contribution >= 4 is 11.6 Å². The topological polar surface area (TPSA) is 88.6 Å².